The van der Waals surface area contributed by atoms with Gasteiger partial charge in [0.25, 0.3) is 0 Å². The maximum absolute atomic E-state index is 12.1. The van der Waals surface area contributed by atoms with Crippen molar-refractivity contribution in [1.29, 1.82) is 0 Å². The first-order valence-electron chi connectivity index (χ1n) is 8.61. The first-order valence-corrected chi connectivity index (χ1v) is 8.61. The van der Waals surface area contributed by atoms with Crippen molar-refractivity contribution in [3.8, 4) is 0 Å². The van der Waals surface area contributed by atoms with Crippen LogP contribution in [0.25, 0.3) is 5.52 Å². The van der Waals surface area contributed by atoms with Gasteiger partial charge in [-0.3, -0.25) is 0 Å². The van der Waals surface area contributed by atoms with Gasteiger partial charge in [0.2, 0.25) is 0 Å². The van der Waals surface area contributed by atoms with Crippen molar-refractivity contribution in [1.82, 2.24) is 14.6 Å². The number of aryl methyl sites for hydroxylation is 1. The molecule has 0 atom stereocenters. The van der Waals surface area contributed by atoms with Gasteiger partial charge in [0.1, 0.15) is 11.8 Å². The molecule has 0 amide bonds. The third-order valence-corrected chi connectivity index (χ3v) is 3.69. The predicted octanol–water partition coefficient (Wildman–Crippen LogP) is 3.68. The van der Waals surface area contributed by atoms with E-state index in [1.165, 1.54) is 23.0 Å². The maximum atomic E-state index is 12.1. The minimum Gasteiger partial charge on any atom is -0.478 e. The van der Waals surface area contributed by atoms with Gasteiger partial charge in [-0.25, -0.2) is 19.1 Å². The van der Waals surface area contributed by atoms with E-state index < -0.39 is 11.9 Å². The molecular formula is C19H22N4O4. The number of carbonyl (C=O) groups excluding carboxylic acids is 1. The average molecular weight is 370 g/mol. The molecule has 0 aliphatic carbocycles. The summed E-state index contributed by atoms with van der Waals surface area (Å²) in [4.78, 5) is 27.4. The number of anilines is 2. The van der Waals surface area contributed by atoms with Gasteiger partial charge in [-0.2, -0.15) is 5.10 Å². The second-order valence-corrected chi connectivity index (χ2v) is 5.30. The number of fused-ring (bicyclic) bond motifs is 1. The van der Waals surface area contributed by atoms with Gasteiger partial charge in [0, 0.05) is 11.9 Å². The summed E-state index contributed by atoms with van der Waals surface area (Å²) >= 11 is 0. The smallest absolute Gasteiger partial charge is 0.340 e. The molecule has 0 unspecified atom stereocenters. The van der Waals surface area contributed by atoms with E-state index in [-0.39, 0.29) is 12.2 Å². The molecule has 0 saturated carbocycles. The van der Waals surface area contributed by atoms with Gasteiger partial charge in [-0.15, -0.1) is 0 Å². The van der Waals surface area contributed by atoms with Crippen LogP contribution in [0.2, 0.25) is 0 Å². The molecule has 3 aromatic rings. The van der Waals surface area contributed by atoms with E-state index in [4.69, 9.17) is 9.84 Å². The SMILES string of the molecule is CC.CCOC(=O)c1cn2ncnc(Nc3cccc(C(=O)O)c3)c2c1C. The van der Waals surface area contributed by atoms with E-state index in [0.717, 1.165) is 0 Å². The normalized spacial score (nSPS) is 10.1. The maximum Gasteiger partial charge on any atom is 0.340 e. The van der Waals surface area contributed by atoms with Crippen molar-refractivity contribution < 1.29 is 19.4 Å². The number of aromatic carboxylic acids is 1. The molecule has 1 aromatic carbocycles. The Bertz CT molecular complexity index is 965. The van der Waals surface area contributed by atoms with Crippen LogP contribution >= 0.6 is 0 Å². The molecule has 0 bridgehead atoms. The topological polar surface area (TPSA) is 106 Å². The number of hydrogen-bond acceptors (Lipinski definition) is 6. The summed E-state index contributed by atoms with van der Waals surface area (Å²) in [5.74, 6) is -0.977. The van der Waals surface area contributed by atoms with Crippen LogP contribution in [0.5, 0.6) is 0 Å². The number of carboxylic acid groups (broad SMARTS) is 1. The quantitative estimate of drug-likeness (QED) is 0.660. The Balaban J connectivity index is 0.00000126. The van der Waals surface area contributed by atoms with Crippen molar-refractivity contribution >= 4 is 29.0 Å². The van der Waals surface area contributed by atoms with E-state index in [2.05, 4.69) is 15.4 Å². The fraction of sp³-hybridized carbons (Fsp3) is 0.263. The lowest BCUT2D eigenvalue weighted by Gasteiger charge is -2.08. The number of ether oxygens (including phenoxy) is 1. The molecule has 142 valence electrons. The highest BCUT2D eigenvalue weighted by Gasteiger charge is 2.19. The minimum absolute atomic E-state index is 0.161. The number of benzene rings is 1. The zero-order chi connectivity index (χ0) is 20.0. The number of carbonyl (C=O) groups is 2. The highest BCUT2D eigenvalue weighted by atomic mass is 16.5. The summed E-state index contributed by atoms with van der Waals surface area (Å²) in [5, 5.41) is 16.3. The Labute approximate surface area is 156 Å². The van der Waals surface area contributed by atoms with E-state index >= 15 is 0 Å². The number of nitrogens with zero attached hydrogens (tertiary/aromatic N) is 3. The number of rotatable bonds is 5. The summed E-state index contributed by atoms with van der Waals surface area (Å²) < 4.78 is 6.59. The third kappa shape index (κ3) is 4.22. The molecule has 2 N–H and O–H groups in total. The van der Waals surface area contributed by atoms with Crippen molar-refractivity contribution in [2.45, 2.75) is 27.7 Å². The standard InChI is InChI=1S/C17H16N4O4.C2H6/c1-3-25-17(24)13-8-21-14(10(13)2)15(18-9-19-21)20-12-6-4-5-11(7-12)16(22)23;1-2/h4-9H,3H2,1-2H3,(H,22,23)(H,18,19,20);1-2H3. The minimum atomic E-state index is -1.01. The van der Waals surface area contributed by atoms with Gasteiger partial charge in [0.05, 0.1) is 17.7 Å². The van der Waals surface area contributed by atoms with Gasteiger partial charge < -0.3 is 15.2 Å². The molecule has 27 heavy (non-hydrogen) atoms. The fourth-order valence-electron chi connectivity index (χ4n) is 2.53. The van der Waals surface area contributed by atoms with Crippen LogP contribution in [0.4, 0.5) is 11.5 Å². The molecule has 0 aliphatic heterocycles. The molecule has 0 aliphatic rings. The third-order valence-electron chi connectivity index (χ3n) is 3.69. The summed E-state index contributed by atoms with van der Waals surface area (Å²) in [5.41, 5.74) is 2.43. The van der Waals surface area contributed by atoms with Crippen LogP contribution in [0, 0.1) is 6.92 Å². The highest BCUT2D eigenvalue weighted by molar-refractivity contribution is 5.95. The number of esters is 1. The Morgan fingerprint density at radius 2 is 2.04 bits per heavy atom. The Morgan fingerprint density at radius 1 is 1.30 bits per heavy atom. The van der Waals surface area contributed by atoms with Crippen molar-refractivity contribution in [2.24, 2.45) is 0 Å². The molecule has 3 rings (SSSR count). The number of nitrogens with one attached hydrogen (secondary N) is 1. The number of aromatic nitrogens is 3. The second kappa shape index (κ2) is 8.79. The van der Waals surface area contributed by atoms with Gasteiger partial charge in [-0.05, 0) is 37.6 Å². The number of hydrogen-bond donors (Lipinski definition) is 2. The molecular weight excluding hydrogens is 348 g/mol. The van der Waals surface area contributed by atoms with Crippen LogP contribution < -0.4 is 5.32 Å². The van der Waals surface area contributed by atoms with Crippen LogP contribution in [0.15, 0.2) is 36.8 Å². The second-order valence-electron chi connectivity index (χ2n) is 5.30. The zero-order valence-electron chi connectivity index (χ0n) is 15.7. The summed E-state index contributed by atoms with van der Waals surface area (Å²) in [6.07, 6.45) is 2.94. The molecule has 8 heteroatoms. The average Bonchev–Trinajstić information content (AvgIpc) is 3.02. The lowest BCUT2D eigenvalue weighted by molar-refractivity contribution is 0.0525. The van der Waals surface area contributed by atoms with Crippen molar-refractivity contribution in [3.63, 3.8) is 0 Å². The molecule has 0 radical (unpaired) electrons. The van der Waals surface area contributed by atoms with Crippen LogP contribution in [0.3, 0.4) is 0 Å². The van der Waals surface area contributed by atoms with Crippen LogP contribution in [0.1, 0.15) is 47.1 Å². The van der Waals surface area contributed by atoms with E-state index in [9.17, 15) is 9.59 Å². The van der Waals surface area contributed by atoms with Crippen LogP contribution in [-0.4, -0.2) is 38.3 Å². The Kier molecular flexibility index (Phi) is 6.48. The molecule has 0 spiro atoms. The summed E-state index contributed by atoms with van der Waals surface area (Å²) in [6, 6.07) is 6.38. The summed E-state index contributed by atoms with van der Waals surface area (Å²) in [6.45, 7) is 7.80. The Morgan fingerprint density at radius 3 is 2.70 bits per heavy atom. The first-order chi connectivity index (χ1) is 13.0. The first kappa shape index (κ1) is 19.9. The van der Waals surface area contributed by atoms with Gasteiger partial charge in [0.15, 0.2) is 5.82 Å². The van der Waals surface area contributed by atoms with E-state index in [1.807, 2.05) is 13.8 Å². The molecule has 2 heterocycles. The molecule has 0 fully saturated rings. The van der Waals surface area contributed by atoms with Crippen molar-refractivity contribution in [2.75, 3.05) is 11.9 Å². The monoisotopic (exact) mass is 370 g/mol. The largest absolute Gasteiger partial charge is 0.478 e. The van der Waals surface area contributed by atoms with Crippen molar-refractivity contribution in [3.05, 3.63) is 53.5 Å². The van der Waals surface area contributed by atoms with Crippen LogP contribution in [-0.2, 0) is 4.74 Å². The number of carboxylic acids is 1. The van der Waals surface area contributed by atoms with E-state index in [1.54, 1.807) is 32.2 Å². The van der Waals surface area contributed by atoms with Gasteiger partial charge in [-0.1, -0.05) is 19.9 Å². The predicted molar refractivity (Wildman–Crippen MR) is 102 cm³/mol. The zero-order valence-corrected chi connectivity index (χ0v) is 15.7. The highest BCUT2D eigenvalue weighted by Crippen LogP contribution is 2.26. The molecule has 2 aromatic heterocycles. The van der Waals surface area contributed by atoms with Gasteiger partial charge >= 0.3 is 11.9 Å². The Hall–Kier alpha value is -3.42. The van der Waals surface area contributed by atoms with E-state index in [0.29, 0.717) is 28.1 Å². The lowest BCUT2D eigenvalue weighted by atomic mass is 10.2. The fourth-order valence-corrected chi connectivity index (χ4v) is 2.53. The molecule has 8 nitrogen and oxygen atoms in total. The summed E-state index contributed by atoms with van der Waals surface area (Å²) in [7, 11) is 0. The lowest BCUT2D eigenvalue weighted by Crippen LogP contribution is -2.04. The molecule has 0 saturated heterocycles.